The second-order valence-electron chi connectivity index (χ2n) is 10.9. The molecule has 0 radical (unpaired) electrons. The van der Waals surface area contributed by atoms with E-state index in [1.54, 1.807) is 56.3 Å². The van der Waals surface area contributed by atoms with Crippen LogP contribution in [0.25, 0.3) is 11.8 Å². The molecule has 1 aliphatic rings. The smallest absolute Gasteiger partial charge is 0.335 e. The van der Waals surface area contributed by atoms with Gasteiger partial charge in [-0.3, -0.25) is 14.4 Å². The molecule has 3 amide bonds. The summed E-state index contributed by atoms with van der Waals surface area (Å²) in [5.74, 6) is -3.02. The van der Waals surface area contributed by atoms with Crippen molar-refractivity contribution in [1.29, 1.82) is 0 Å². The molecular weight excluding hydrogens is 595 g/mol. The number of fused-ring (bicyclic) bond motifs is 1. The van der Waals surface area contributed by atoms with Gasteiger partial charge in [-0.05, 0) is 97.0 Å². The number of anilines is 2. The number of carbonyl (C=O) groups excluding carboxylic acids is 3. The number of nitrogens with zero attached hydrogens (tertiary/aromatic N) is 6. The van der Waals surface area contributed by atoms with E-state index in [-0.39, 0.29) is 30.1 Å². The molecule has 46 heavy (non-hydrogen) atoms. The predicted octanol–water partition coefficient (Wildman–Crippen LogP) is 3.09. The number of carboxylic acid groups (broad SMARTS) is 1. The Hall–Kier alpha value is -5.76. The molecule has 236 valence electrons. The number of hydrogen-bond donors (Lipinski definition) is 3. The molecule has 13 nitrogen and oxygen atoms in total. The van der Waals surface area contributed by atoms with E-state index in [2.05, 4.69) is 26.2 Å². The molecule has 0 aliphatic carbocycles. The third-order valence-electron chi connectivity index (χ3n) is 7.42. The number of rotatable bonds is 9. The third kappa shape index (κ3) is 6.81. The Morgan fingerprint density at radius 2 is 1.83 bits per heavy atom. The first-order chi connectivity index (χ1) is 22.0. The number of carbonyl (C=O) groups is 4. The lowest BCUT2D eigenvalue weighted by Gasteiger charge is -2.36. The lowest BCUT2D eigenvalue weighted by atomic mass is 9.90. The van der Waals surface area contributed by atoms with Crippen molar-refractivity contribution in [3.05, 3.63) is 101 Å². The highest BCUT2D eigenvalue weighted by atomic mass is 19.1. The molecule has 5 rings (SSSR count). The first kappa shape index (κ1) is 31.7. The average molecular weight is 627 g/mol. The van der Waals surface area contributed by atoms with Crippen LogP contribution in [0.2, 0.25) is 0 Å². The lowest BCUT2D eigenvalue weighted by Crippen LogP contribution is -2.45. The van der Waals surface area contributed by atoms with Crippen LogP contribution in [-0.2, 0) is 20.8 Å². The highest BCUT2D eigenvalue weighted by Gasteiger charge is 2.36. The van der Waals surface area contributed by atoms with E-state index >= 15 is 4.39 Å². The highest BCUT2D eigenvalue weighted by Crippen LogP contribution is 2.35. The van der Waals surface area contributed by atoms with E-state index in [0.29, 0.717) is 40.2 Å². The summed E-state index contributed by atoms with van der Waals surface area (Å²) in [6.45, 7) is 1.86. The molecule has 0 spiro atoms. The van der Waals surface area contributed by atoms with Crippen molar-refractivity contribution in [2.75, 3.05) is 37.8 Å². The number of aromatic nitrogens is 4. The Morgan fingerprint density at radius 3 is 2.50 bits per heavy atom. The standard InChI is InChI=1S/C32H31FN8O5/c1-19-7-13-26(41-18-34-37-38-41)24(29(19)33)12-14-28(43)40-16-15-22-23(5-4-6-25(22)36-27(42)17-39(2)3)30(40)31(44)35-21-10-8-20(9-11-21)32(45)46/h4-14,18,30H,15-17H2,1-3H3,(H,35,44)(H,36,42)(H,45,46)/b14-12+. The number of carboxylic acids is 1. The van der Waals surface area contributed by atoms with Crippen LogP contribution in [-0.4, -0.2) is 86.0 Å². The van der Waals surface area contributed by atoms with Gasteiger partial charge >= 0.3 is 5.97 Å². The van der Waals surface area contributed by atoms with E-state index in [1.807, 2.05) is 0 Å². The minimum absolute atomic E-state index is 0.0467. The Morgan fingerprint density at radius 1 is 1.07 bits per heavy atom. The minimum atomic E-state index is -1.13. The van der Waals surface area contributed by atoms with Crippen LogP contribution in [0, 0.1) is 12.7 Å². The quantitative estimate of drug-likeness (QED) is 0.237. The number of hydrogen-bond acceptors (Lipinski definition) is 8. The fraction of sp³-hybridized carbons (Fsp3) is 0.219. The molecule has 1 atom stereocenters. The number of nitrogens with one attached hydrogen (secondary N) is 2. The van der Waals surface area contributed by atoms with Gasteiger partial charge in [-0.15, -0.1) is 5.10 Å². The van der Waals surface area contributed by atoms with Gasteiger partial charge in [0.05, 0.1) is 17.8 Å². The molecule has 0 saturated carbocycles. The maximum absolute atomic E-state index is 15.3. The molecule has 0 fully saturated rings. The van der Waals surface area contributed by atoms with Crippen molar-refractivity contribution in [2.45, 2.75) is 19.4 Å². The predicted molar refractivity (Wildman–Crippen MR) is 167 cm³/mol. The first-order valence-electron chi connectivity index (χ1n) is 14.2. The second-order valence-corrected chi connectivity index (χ2v) is 10.9. The maximum Gasteiger partial charge on any atom is 0.335 e. The molecule has 4 aromatic rings. The topological polar surface area (TPSA) is 163 Å². The van der Waals surface area contributed by atoms with Crippen LogP contribution >= 0.6 is 0 Å². The van der Waals surface area contributed by atoms with Gasteiger partial charge in [0.15, 0.2) is 0 Å². The maximum atomic E-state index is 15.3. The lowest BCUT2D eigenvalue weighted by molar-refractivity contribution is -0.135. The van der Waals surface area contributed by atoms with Gasteiger partial charge in [0.2, 0.25) is 11.8 Å². The van der Waals surface area contributed by atoms with Gasteiger partial charge in [0.25, 0.3) is 5.91 Å². The average Bonchev–Trinajstić information content (AvgIpc) is 3.56. The Labute approximate surface area is 263 Å². The molecule has 2 heterocycles. The van der Waals surface area contributed by atoms with E-state index in [0.717, 1.165) is 0 Å². The van der Waals surface area contributed by atoms with Gasteiger partial charge < -0.3 is 25.5 Å². The summed E-state index contributed by atoms with van der Waals surface area (Å²) in [5.41, 5.74) is 2.87. The Balaban J connectivity index is 1.50. The van der Waals surface area contributed by atoms with Gasteiger partial charge in [0, 0.05) is 29.6 Å². The molecule has 1 unspecified atom stereocenters. The fourth-order valence-electron chi connectivity index (χ4n) is 5.26. The minimum Gasteiger partial charge on any atom is -0.478 e. The monoisotopic (exact) mass is 626 g/mol. The molecule has 1 aliphatic heterocycles. The highest BCUT2D eigenvalue weighted by molar-refractivity contribution is 6.02. The number of benzene rings is 3. The van der Waals surface area contributed by atoms with Crippen LogP contribution in [0.3, 0.4) is 0 Å². The summed E-state index contributed by atoms with van der Waals surface area (Å²) >= 11 is 0. The molecule has 14 heteroatoms. The van der Waals surface area contributed by atoms with E-state index in [1.165, 1.54) is 52.3 Å². The van der Waals surface area contributed by atoms with Crippen molar-refractivity contribution in [3.63, 3.8) is 0 Å². The number of halogens is 1. The number of aryl methyl sites for hydroxylation is 1. The summed E-state index contributed by atoms with van der Waals surface area (Å²) in [7, 11) is 3.55. The third-order valence-corrected chi connectivity index (χ3v) is 7.42. The summed E-state index contributed by atoms with van der Waals surface area (Å²) in [4.78, 5) is 54.7. The zero-order valence-corrected chi connectivity index (χ0v) is 25.3. The Kier molecular flexibility index (Phi) is 9.28. The number of amides is 3. The van der Waals surface area contributed by atoms with Crippen molar-refractivity contribution in [1.82, 2.24) is 30.0 Å². The van der Waals surface area contributed by atoms with Crippen LogP contribution in [0.1, 0.15) is 38.7 Å². The summed E-state index contributed by atoms with van der Waals surface area (Å²) in [6.07, 6.45) is 4.16. The normalized spacial score (nSPS) is 14.3. The molecule has 0 bridgehead atoms. The molecule has 3 N–H and O–H groups in total. The Bertz CT molecular complexity index is 1820. The van der Waals surface area contributed by atoms with Crippen molar-refractivity contribution < 1.29 is 28.7 Å². The largest absolute Gasteiger partial charge is 0.478 e. The van der Waals surface area contributed by atoms with Gasteiger partial charge in [-0.2, -0.15) is 4.68 Å². The van der Waals surface area contributed by atoms with E-state index < -0.39 is 29.6 Å². The van der Waals surface area contributed by atoms with E-state index in [4.69, 9.17) is 0 Å². The van der Waals surface area contributed by atoms with Crippen molar-refractivity contribution in [2.24, 2.45) is 0 Å². The number of likely N-dealkylation sites (N-methyl/N-ethyl adjacent to an activating group) is 1. The second kappa shape index (κ2) is 13.5. The van der Waals surface area contributed by atoms with Gasteiger partial charge in [-0.1, -0.05) is 18.2 Å². The van der Waals surface area contributed by atoms with Gasteiger partial charge in [0.1, 0.15) is 18.2 Å². The summed E-state index contributed by atoms with van der Waals surface area (Å²) < 4.78 is 16.6. The zero-order valence-electron chi connectivity index (χ0n) is 25.3. The SMILES string of the molecule is Cc1ccc(-n2cnnn2)c(/C=C/C(=O)N2CCc3c(NC(=O)CN(C)C)cccc3C2C(=O)Nc2ccc(C(=O)O)cc2)c1F. The van der Waals surface area contributed by atoms with Gasteiger partial charge in [-0.25, -0.2) is 9.18 Å². The molecule has 3 aromatic carbocycles. The van der Waals surface area contributed by atoms with Crippen molar-refractivity contribution in [3.8, 4) is 5.69 Å². The molecule has 1 aromatic heterocycles. The number of tetrazole rings is 1. The van der Waals surface area contributed by atoms with Crippen LogP contribution in [0.15, 0.2) is 67.0 Å². The molecule has 0 saturated heterocycles. The summed E-state index contributed by atoms with van der Waals surface area (Å²) in [6, 6.07) is 12.8. The fourth-order valence-corrected chi connectivity index (χ4v) is 5.26. The van der Waals surface area contributed by atoms with Crippen LogP contribution in [0.5, 0.6) is 0 Å². The zero-order chi connectivity index (χ0) is 33.0. The molecular formula is C32H31FN8O5. The van der Waals surface area contributed by atoms with Crippen LogP contribution < -0.4 is 10.6 Å². The van der Waals surface area contributed by atoms with E-state index in [9.17, 15) is 24.3 Å². The summed E-state index contributed by atoms with van der Waals surface area (Å²) in [5, 5.41) is 26.0. The number of aromatic carboxylic acids is 1. The first-order valence-corrected chi connectivity index (χ1v) is 14.2. The van der Waals surface area contributed by atoms with Crippen molar-refractivity contribution >= 4 is 41.1 Å². The van der Waals surface area contributed by atoms with Crippen LogP contribution in [0.4, 0.5) is 15.8 Å².